The van der Waals surface area contributed by atoms with Crippen LogP contribution in [-0.2, 0) is 13.1 Å². The Morgan fingerprint density at radius 2 is 2.04 bits per heavy atom. The Kier molecular flexibility index (Phi) is 6.06. The fourth-order valence-corrected chi connectivity index (χ4v) is 3.06. The van der Waals surface area contributed by atoms with Gasteiger partial charge in [0.2, 0.25) is 0 Å². The highest BCUT2D eigenvalue weighted by molar-refractivity contribution is 5.80. The third kappa shape index (κ3) is 4.82. The van der Waals surface area contributed by atoms with Gasteiger partial charge < -0.3 is 19.9 Å². The maximum Gasteiger partial charge on any atom is 0.194 e. The van der Waals surface area contributed by atoms with Crippen molar-refractivity contribution in [3.05, 3.63) is 54.1 Å². The quantitative estimate of drug-likeness (QED) is 0.643. The highest BCUT2D eigenvalue weighted by Gasteiger charge is 2.19. The van der Waals surface area contributed by atoms with Crippen LogP contribution in [0.3, 0.4) is 0 Å². The third-order valence-electron chi connectivity index (χ3n) is 4.47. The van der Waals surface area contributed by atoms with E-state index in [1.807, 2.05) is 18.5 Å². The predicted molar refractivity (Wildman–Crippen MR) is 99.4 cm³/mol. The summed E-state index contributed by atoms with van der Waals surface area (Å²) >= 11 is 0. The van der Waals surface area contributed by atoms with Crippen LogP contribution in [0.25, 0.3) is 0 Å². The SMILES string of the molecule is CCNC(=NCc1nccn1Cc1ccccc1)N1CCC(O)CC1. The van der Waals surface area contributed by atoms with Crippen LogP contribution >= 0.6 is 0 Å². The average Bonchev–Trinajstić information content (AvgIpc) is 3.07. The van der Waals surface area contributed by atoms with E-state index in [1.54, 1.807) is 0 Å². The molecule has 2 aromatic rings. The Balaban J connectivity index is 1.68. The highest BCUT2D eigenvalue weighted by Crippen LogP contribution is 2.11. The molecule has 0 radical (unpaired) electrons. The molecule has 134 valence electrons. The maximum atomic E-state index is 9.70. The molecule has 25 heavy (non-hydrogen) atoms. The molecule has 2 heterocycles. The van der Waals surface area contributed by atoms with Gasteiger partial charge in [-0.15, -0.1) is 0 Å². The van der Waals surface area contributed by atoms with Crippen molar-refractivity contribution in [2.45, 2.75) is 39.0 Å². The second kappa shape index (κ2) is 8.67. The number of aromatic nitrogens is 2. The number of likely N-dealkylation sites (tertiary alicyclic amines) is 1. The molecule has 0 atom stereocenters. The average molecular weight is 341 g/mol. The minimum Gasteiger partial charge on any atom is -0.393 e. The van der Waals surface area contributed by atoms with Gasteiger partial charge >= 0.3 is 0 Å². The minimum atomic E-state index is -0.177. The third-order valence-corrected chi connectivity index (χ3v) is 4.47. The summed E-state index contributed by atoms with van der Waals surface area (Å²) in [6, 6.07) is 10.4. The largest absolute Gasteiger partial charge is 0.393 e. The van der Waals surface area contributed by atoms with E-state index in [-0.39, 0.29) is 6.10 Å². The molecule has 0 spiro atoms. The smallest absolute Gasteiger partial charge is 0.194 e. The minimum absolute atomic E-state index is 0.177. The lowest BCUT2D eigenvalue weighted by molar-refractivity contribution is 0.108. The molecule has 0 aliphatic carbocycles. The zero-order valence-corrected chi connectivity index (χ0v) is 14.8. The van der Waals surface area contributed by atoms with Crippen LogP contribution in [-0.4, -0.2) is 51.3 Å². The number of rotatable bonds is 5. The summed E-state index contributed by atoms with van der Waals surface area (Å²) in [5.74, 6) is 1.86. The normalized spacial score (nSPS) is 16.2. The van der Waals surface area contributed by atoms with Crippen molar-refractivity contribution in [3.8, 4) is 0 Å². The molecule has 1 aliphatic rings. The zero-order chi connectivity index (χ0) is 17.5. The van der Waals surface area contributed by atoms with Gasteiger partial charge in [0.25, 0.3) is 0 Å². The molecule has 3 rings (SSSR count). The maximum absolute atomic E-state index is 9.70. The number of piperidine rings is 1. The summed E-state index contributed by atoms with van der Waals surface area (Å²) in [5, 5.41) is 13.1. The van der Waals surface area contributed by atoms with E-state index in [1.165, 1.54) is 5.56 Å². The Morgan fingerprint density at radius 3 is 2.76 bits per heavy atom. The predicted octanol–water partition coefficient (Wildman–Crippen LogP) is 1.85. The van der Waals surface area contributed by atoms with Crippen LogP contribution in [0.15, 0.2) is 47.7 Å². The zero-order valence-electron chi connectivity index (χ0n) is 14.8. The van der Waals surface area contributed by atoms with Gasteiger partial charge in [-0.05, 0) is 25.3 Å². The van der Waals surface area contributed by atoms with Crippen molar-refractivity contribution < 1.29 is 5.11 Å². The number of hydrogen-bond acceptors (Lipinski definition) is 3. The first kappa shape index (κ1) is 17.5. The lowest BCUT2D eigenvalue weighted by Gasteiger charge is -2.32. The van der Waals surface area contributed by atoms with Gasteiger partial charge in [0.1, 0.15) is 12.4 Å². The molecule has 0 saturated carbocycles. The molecule has 0 bridgehead atoms. The highest BCUT2D eigenvalue weighted by atomic mass is 16.3. The number of nitrogens with zero attached hydrogens (tertiary/aromatic N) is 4. The molecular formula is C19H27N5O. The number of aliphatic imine (C=N–C) groups is 1. The number of guanidine groups is 1. The van der Waals surface area contributed by atoms with E-state index < -0.39 is 0 Å². The molecule has 1 aromatic carbocycles. The summed E-state index contributed by atoms with van der Waals surface area (Å²) < 4.78 is 2.14. The van der Waals surface area contributed by atoms with Crippen LogP contribution in [0.4, 0.5) is 0 Å². The Labute approximate surface area is 149 Å². The standard InChI is InChI=1S/C19H27N5O/c1-2-20-19(23-11-8-17(25)9-12-23)22-14-18-21-10-13-24(18)15-16-6-4-3-5-7-16/h3-7,10,13,17,25H,2,8-9,11-12,14-15H2,1H3,(H,20,22). The van der Waals surface area contributed by atoms with Gasteiger partial charge in [-0.2, -0.15) is 0 Å². The summed E-state index contributed by atoms with van der Waals surface area (Å²) in [7, 11) is 0. The van der Waals surface area contributed by atoms with Crippen molar-refractivity contribution in [1.82, 2.24) is 19.8 Å². The summed E-state index contributed by atoms with van der Waals surface area (Å²) in [6.45, 7) is 5.93. The van der Waals surface area contributed by atoms with Crippen LogP contribution in [0.5, 0.6) is 0 Å². The second-order valence-corrected chi connectivity index (χ2v) is 6.35. The number of benzene rings is 1. The first-order valence-corrected chi connectivity index (χ1v) is 9.01. The van der Waals surface area contributed by atoms with Crippen LogP contribution < -0.4 is 5.32 Å². The number of hydrogen-bond donors (Lipinski definition) is 2. The van der Waals surface area contributed by atoms with Gasteiger partial charge in [-0.25, -0.2) is 9.98 Å². The number of aliphatic hydroxyl groups excluding tert-OH is 1. The van der Waals surface area contributed by atoms with Crippen molar-refractivity contribution in [3.63, 3.8) is 0 Å². The van der Waals surface area contributed by atoms with Gasteiger partial charge in [-0.3, -0.25) is 0 Å². The molecule has 6 nitrogen and oxygen atoms in total. The molecule has 1 aliphatic heterocycles. The van der Waals surface area contributed by atoms with E-state index in [0.29, 0.717) is 6.54 Å². The fraction of sp³-hybridized carbons (Fsp3) is 0.474. The van der Waals surface area contributed by atoms with Crippen molar-refractivity contribution in [1.29, 1.82) is 0 Å². The summed E-state index contributed by atoms with van der Waals surface area (Å²) in [4.78, 5) is 11.5. The number of nitrogens with one attached hydrogen (secondary N) is 1. The van der Waals surface area contributed by atoms with Gasteiger partial charge in [0.15, 0.2) is 5.96 Å². The second-order valence-electron chi connectivity index (χ2n) is 6.35. The van der Waals surface area contributed by atoms with Gasteiger partial charge in [0.05, 0.1) is 6.10 Å². The Morgan fingerprint density at radius 1 is 1.28 bits per heavy atom. The van der Waals surface area contributed by atoms with Gasteiger partial charge in [0, 0.05) is 38.6 Å². The molecule has 1 aromatic heterocycles. The molecule has 6 heteroatoms. The molecule has 0 unspecified atom stereocenters. The summed E-state index contributed by atoms with van der Waals surface area (Å²) in [6.07, 6.45) is 5.25. The number of aliphatic hydroxyl groups is 1. The van der Waals surface area contributed by atoms with E-state index in [9.17, 15) is 5.11 Å². The molecule has 1 saturated heterocycles. The molecular weight excluding hydrogens is 314 g/mol. The van der Waals surface area contributed by atoms with Crippen LogP contribution in [0.1, 0.15) is 31.2 Å². The Hall–Kier alpha value is -2.34. The molecule has 0 amide bonds. The lowest BCUT2D eigenvalue weighted by atomic mass is 10.1. The molecule has 1 fully saturated rings. The van der Waals surface area contributed by atoms with Crippen molar-refractivity contribution in [2.75, 3.05) is 19.6 Å². The fourth-order valence-electron chi connectivity index (χ4n) is 3.06. The monoisotopic (exact) mass is 341 g/mol. The van der Waals surface area contributed by atoms with E-state index in [4.69, 9.17) is 4.99 Å². The van der Waals surface area contributed by atoms with Gasteiger partial charge in [-0.1, -0.05) is 30.3 Å². The summed E-state index contributed by atoms with van der Waals surface area (Å²) in [5.41, 5.74) is 1.25. The first-order valence-electron chi connectivity index (χ1n) is 9.01. The molecule has 2 N–H and O–H groups in total. The lowest BCUT2D eigenvalue weighted by Crippen LogP contribution is -2.46. The van der Waals surface area contributed by atoms with Crippen molar-refractivity contribution in [2.24, 2.45) is 4.99 Å². The first-order chi connectivity index (χ1) is 12.3. The van der Waals surface area contributed by atoms with Crippen LogP contribution in [0.2, 0.25) is 0 Å². The van der Waals surface area contributed by atoms with Crippen LogP contribution in [0, 0.1) is 0 Å². The van der Waals surface area contributed by atoms with E-state index in [0.717, 1.165) is 50.8 Å². The van der Waals surface area contributed by atoms with E-state index >= 15 is 0 Å². The van der Waals surface area contributed by atoms with E-state index in [2.05, 4.69) is 51.0 Å². The van der Waals surface area contributed by atoms with Crippen molar-refractivity contribution >= 4 is 5.96 Å². The number of imidazole rings is 1. The topological polar surface area (TPSA) is 65.7 Å². The Bertz CT molecular complexity index is 674.